The maximum Gasteiger partial charge on any atom is 0.160 e. The molecule has 2 aromatic heterocycles. The van der Waals surface area contributed by atoms with Crippen molar-refractivity contribution in [2.75, 3.05) is 5.48 Å². The number of aryl methyl sites for hydroxylation is 1. The van der Waals surface area contributed by atoms with E-state index in [0.29, 0.717) is 0 Å². The summed E-state index contributed by atoms with van der Waals surface area (Å²) in [6.45, 7) is 2.04. The Morgan fingerprint density at radius 1 is 1.17 bits per heavy atom. The van der Waals surface area contributed by atoms with Crippen molar-refractivity contribution in [3.05, 3.63) is 60.6 Å². The normalized spacial score (nSPS) is 10.5. The van der Waals surface area contributed by atoms with Crippen molar-refractivity contribution in [2.24, 2.45) is 0 Å². The van der Waals surface area contributed by atoms with Crippen molar-refractivity contribution in [3.63, 3.8) is 0 Å². The molecule has 0 atom stereocenters. The second-order valence-corrected chi connectivity index (χ2v) is 4.13. The topological polar surface area (TPSA) is 38.6 Å². The van der Waals surface area contributed by atoms with Gasteiger partial charge in [0.25, 0.3) is 0 Å². The number of rotatable bonds is 3. The smallest absolute Gasteiger partial charge is 0.160 e. The Labute approximate surface area is 105 Å². The van der Waals surface area contributed by atoms with Crippen molar-refractivity contribution in [3.8, 4) is 5.75 Å². The number of pyridine rings is 1. The molecule has 0 aliphatic heterocycles. The summed E-state index contributed by atoms with van der Waals surface area (Å²) in [7, 11) is 0. The molecule has 0 saturated heterocycles. The number of nitrogens with zero attached hydrogens (tertiary/aromatic N) is 2. The number of anilines is 1. The fraction of sp³-hybridized carbons (Fsp3) is 0.0714. The van der Waals surface area contributed by atoms with E-state index in [4.69, 9.17) is 4.84 Å². The molecule has 3 rings (SSSR count). The number of aromatic nitrogens is 2. The molecule has 0 aliphatic carbocycles. The van der Waals surface area contributed by atoms with E-state index in [9.17, 15) is 0 Å². The third-order valence-corrected chi connectivity index (χ3v) is 2.67. The van der Waals surface area contributed by atoms with Gasteiger partial charge in [0.15, 0.2) is 5.75 Å². The molecule has 0 fully saturated rings. The van der Waals surface area contributed by atoms with Crippen LogP contribution in [0.1, 0.15) is 5.56 Å². The lowest BCUT2D eigenvalue weighted by Crippen LogP contribution is -2.04. The third kappa shape index (κ3) is 2.13. The first-order valence-electron chi connectivity index (χ1n) is 5.73. The molecule has 90 valence electrons. The zero-order valence-electron chi connectivity index (χ0n) is 10.00. The third-order valence-electron chi connectivity index (χ3n) is 2.67. The van der Waals surface area contributed by atoms with Gasteiger partial charge in [-0.05, 0) is 24.6 Å². The molecule has 2 heterocycles. The number of hydrogen-bond donors (Lipinski definition) is 1. The molecule has 0 spiro atoms. The van der Waals surface area contributed by atoms with Crippen molar-refractivity contribution >= 4 is 11.3 Å². The molecule has 0 amide bonds. The fourth-order valence-electron chi connectivity index (χ4n) is 1.78. The van der Waals surface area contributed by atoms with Crippen molar-refractivity contribution in [1.82, 2.24) is 9.38 Å². The average Bonchev–Trinajstić information content (AvgIpc) is 2.84. The molecule has 1 N–H and O–H groups in total. The fourth-order valence-corrected chi connectivity index (χ4v) is 1.78. The lowest BCUT2D eigenvalue weighted by atomic mass is 10.2. The summed E-state index contributed by atoms with van der Waals surface area (Å²) >= 11 is 0. The summed E-state index contributed by atoms with van der Waals surface area (Å²) in [5.74, 6) is 0.732. The van der Waals surface area contributed by atoms with Gasteiger partial charge in [-0.2, -0.15) is 0 Å². The zero-order chi connectivity index (χ0) is 12.4. The molecule has 0 aliphatic rings. The van der Waals surface area contributed by atoms with E-state index in [-0.39, 0.29) is 0 Å². The van der Waals surface area contributed by atoms with Gasteiger partial charge in [0.1, 0.15) is 5.65 Å². The molecule has 4 heteroatoms. The summed E-state index contributed by atoms with van der Waals surface area (Å²) in [6.07, 6.45) is 5.57. The van der Waals surface area contributed by atoms with Crippen LogP contribution in [0.2, 0.25) is 0 Å². The Hall–Kier alpha value is -2.49. The van der Waals surface area contributed by atoms with Gasteiger partial charge < -0.3 is 9.24 Å². The summed E-state index contributed by atoms with van der Waals surface area (Å²) < 4.78 is 1.93. The van der Waals surface area contributed by atoms with E-state index >= 15 is 0 Å². The first kappa shape index (κ1) is 10.7. The van der Waals surface area contributed by atoms with E-state index < -0.39 is 0 Å². The van der Waals surface area contributed by atoms with Crippen molar-refractivity contribution in [1.29, 1.82) is 0 Å². The Bertz CT molecular complexity index is 675. The zero-order valence-corrected chi connectivity index (χ0v) is 10.00. The Morgan fingerprint density at radius 2 is 2.11 bits per heavy atom. The number of fused-ring (bicyclic) bond motifs is 1. The van der Waals surface area contributed by atoms with E-state index in [0.717, 1.165) is 17.1 Å². The number of imidazole rings is 1. The second kappa shape index (κ2) is 4.41. The van der Waals surface area contributed by atoms with Crippen LogP contribution in [0, 0.1) is 6.92 Å². The van der Waals surface area contributed by atoms with E-state index in [1.807, 2.05) is 60.1 Å². The number of hydrogen-bond acceptors (Lipinski definition) is 3. The van der Waals surface area contributed by atoms with Crippen molar-refractivity contribution in [2.45, 2.75) is 6.92 Å². The highest BCUT2D eigenvalue weighted by atomic mass is 16.6. The van der Waals surface area contributed by atoms with Gasteiger partial charge in [-0.15, -0.1) is 0 Å². The van der Waals surface area contributed by atoms with Crippen LogP contribution < -0.4 is 10.3 Å². The van der Waals surface area contributed by atoms with Crippen LogP contribution in [0.15, 0.2) is 55.0 Å². The molecule has 1 aromatic carbocycles. The molecule has 0 unspecified atom stereocenters. The Balaban J connectivity index is 1.76. The number of benzene rings is 1. The maximum atomic E-state index is 5.52. The predicted molar refractivity (Wildman–Crippen MR) is 70.6 cm³/mol. The standard InChI is InChI=1S/C14H13N3O/c1-11-3-2-4-12(9-11)16-18-13-5-7-17-8-6-15-14(17)10-13/h2-10,16H,1H3. The monoisotopic (exact) mass is 239 g/mol. The van der Waals surface area contributed by atoms with Gasteiger partial charge in [-0.3, -0.25) is 0 Å². The first-order valence-corrected chi connectivity index (χ1v) is 5.73. The SMILES string of the molecule is Cc1cccc(NOc2ccn3ccnc3c2)c1. The van der Waals surface area contributed by atoms with Gasteiger partial charge in [-0.25, -0.2) is 10.5 Å². The van der Waals surface area contributed by atoms with Crippen LogP contribution in [-0.2, 0) is 0 Å². The maximum absolute atomic E-state index is 5.52. The molecule has 0 bridgehead atoms. The minimum Gasteiger partial charge on any atom is -0.382 e. The van der Waals surface area contributed by atoms with Gasteiger partial charge in [-0.1, -0.05) is 12.1 Å². The summed E-state index contributed by atoms with van der Waals surface area (Å²) in [4.78, 5) is 9.72. The highest BCUT2D eigenvalue weighted by Crippen LogP contribution is 2.15. The van der Waals surface area contributed by atoms with Crippen LogP contribution >= 0.6 is 0 Å². The lowest BCUT2D eigenvalue weighted by molar-refractivity contribution is 0.405. The molecular weight excluding hydrogens is 226 g/mol. The summed E-state index contributed by atoms with van der Waals surface area (Å²) in [5.41, 5.74) is 5.90. The molecule has 0 saturated carbocycles. The average molecular weight is 239 g/mol. The lowest BCUT2D eigenvalue weighted by Gasteiger charge is -2.08. The molecular formula is C14H13N3O. The van der Waals surface area contributed by atoms with Gasteiger partial charge >= 0.3 is 0 Å². The van der Waals surface area contributed by atoms with E-state index in [1.54, 1.807) is 6.20 Å². The van der Waals surface area contributed by atoms with Gasteiger partial charge in [0.2, 0.25) is 0 Å². The molecule has 4 nitrogen and oxygen atoms in total. The van der Waals surface area contributed by atoms with Crippen LogP contribution in [-0.4, -0.2) is 9.38 Å². The Kier molecular flexibility index (Phi) is 2.61. The van der Waals surface area contributed by atoms with Gasteiger partial charge in [0, 0.05) is 30.7 Å². The Morgan fingerprint density at radius 3 is 3.00 bits per heavy atom. The van der Waals surface area contributed by atoms with Crippen LogP contribution in [0.5, 0.6) is 5.75 Å². The number of nitrogens with one attached hydrogen (secondary N) is 1. The minimum absolute atomic E-state index is 0.732. The molecule has 0 radical (unpaired) electrons. The summed E-state index contributed by atoms with van der Waals surface area (Å²) in [5, 5.41) is 0. The quantitative estimate of drug-likeness (QED) is 0.714. The van der Waals surface area contributed by atoms with Crippen LogP contribution in [0.25, 0.3) is 5.65 Å². The predicted octanol–water partition coefficient (Wildman–Crippen LogP) is 3.05. The highest BCUT2D eigenvalue weighted by molar-refractivity contribution is 5.47. The molecule has 3 aromatic rings. The van der Waals surface area contributed by atoms with Crippen LogP contribution in [0.4, 0.5) is 5.69 Å². The molecule has 18 heavy (non-hydrogen) atoms. The highest BCUT2D eigenvalue weighted by Gasteiger charge is 1.98. The van der Waals surface area contributed by atoms with E-state index in [1.165, 1.54) is 5.56 Å². The van der Waals surface area contributed by atoms with Gasteiger partial charge in [0.05, 0.1) is 5.69 Å². The second-order valence-electron chi connectivity index (χ2n) is 4.13. The largest absolute Gasteiger partial charge is 0.382 e. The minimum atomic E-state index is 0.732. The summed E-state index contributed by atoms with van der Waals surface area (Å²) in [6, 6.07) is 11.8. The van der Waals surface area contributed by atoms with Crippen LogP contribution in [0.3, 0.4) is 0 Å². The van der Waals surface area contributed by atoms with Crippen molar-refractivity contribution < 1.29 is 4.84 Å². The first-order chi connectivity index (χ1) is 8.81. The van der Waals surface area contributed by atoms with E-state index in [2.05, 4.69) is 10.5 Å².